The van der Waals surface area contributed by atoms with Gasteiger partial charge in [0.25, 0.3) is 0 Å². The zero-order valence-corrected chi connectivity index (χ0v) is 12.1. The second kappa shape index (κ2) is 10.0. The molecule has 7 nitrogen and oxygen atoms in total. The number of nitrogens with zero attached hydrogens (tertiary/aromatic N) is 1. The standard InChI is InChI=1S/C7H13NO5S.C3H9N/c1-3-4-6(2)7(9)8-5-13-14(10,11)12;1-4(2)3/h2-5H2,1H3,(H,8,9)(H,10,11,12);1-3H3. The van der Waals surface area contributed by atoms with Crippen molar-refractivity contribution in [2.45, 2.75) is 19.8 Å². The third-order valence-corrected chi connectivity index (χ3v) is 1.73. The first-order valence-corrected chi connectivity index (χ1v) is 6.65. The van der Waals surface area contributed by atoms with Crippen LogP contribution in [0.5, 0.6) is 0 Å². The van der Waals surface area contributed by atoms with Crippen molar-refractivity contribution < 1.29 is 21.9 Å². The van der Waals surface area contributed by atoms with Crippen LogP contribution in [0.1, 0.15) is 19.8 Å². The summed E-state index contributed by atoms with van der Waals surface area (Å²) in [5.74, 6) is -0.490. The van der Waals surface area contributed by atoms with Gasteiger partial charge in [0.05, 0.1) is 0 Å². The smallest absolute Gasteiger partial charge is 0.328 e. The van der Waals surface area contributed by atoms with E-state index in [1.165, 1.54) is 0 Å². The minimum Gasteiger partial charge on any atom is -0.328 e. The SMILES string of the molecule is C=C(CCC)C(=O)NCOS(=O)(=O)O.CN(C)C. The fourth-order valence-corrected chi connectivity index (χ4v) is 0.918. The topological polar surface area (TPSA) is 95.9 Å². The lowest BCUT2D eigenvalue weighted by molar-refractivity contribution is -0.118. The van der Waals surface area contributed by atoms with Gasteiger partial charge in [-0.05, 0) is 27.6 Å². The molecule has 2 N–H and O–H groups in total. The van der Waals surface area contributed by atoms with E-state index in [-0.39, 0.29) is 0 Å². The highest BCUT2D eigenvalue weighted by atomic mass is 32.3. The first-order valence-electron chi connectivity index (χ1n) is 5.28. The quantitative estimate of drug-likeness (QED) is 0.416. The Kier molecular flexibility index (Phi) is 10.8. The average Bonchev–Trinajstić information content (AvgIpc) is 2.14. The van der Waals surface area contributed by atoms with Gasteiger partial charge in [-0.1, -0.05) is 19.9 Å². The van der Waals surface area contributed by atoms with Crippen molar-refractivity contribution in [2.75, 3.05) is 27.9 Å². The van der Waals surface area contributed by atoms with Crippen LogP contribution in [0.15, 0.2) is 12.2 Å². The summed E-state index contributed by atoms with van der Waals surface area (Å²) in [5, 5.41) is 2.12. The summed E-state index contributed by atoms with van der Waals surface area (Å²) in [7, 11) is 1.50. The molecule has 0 aliphatic carbocycles. The highest BCUT2D eigenvalue weighted by molar-refractivity contribution is 7.80. The van der Waals surface area contributed by atoms with Gasteiger partial charge in [0.2, 0.25) is 5.91 Å². The maximum Gasteiger partial charge on any atom is 0.399 e. The van der Waals surface area contributed by atoms with Gasteiger partial charge in [-0.2, -0.15) is 8.42 Å². The second-order valence-electron chi connectivity index (χ2n) is 3.89. The molecule has 0 radical (unpaired) electrons. The third kappa shape index (κ3) is 17.4. The van der Waals surface area contributed by atoms with Crippen molar-refractivity contribution in [1.29, 1.82) is 0 Å². The molecule has 0 aliphatic heterocycles. The summed E-state index contributed by atoms with van der Waals surface area (Å²) < 4.78 is 32.2. The molecule has 0 fully saturated rings. The average molecular weight is 282 g/mol. The Balaban J connectivity index is 0. The Morgan fingerprint density at radius 2 is 1.83 bits per heavy atom. The van der Waals surface area contributed by atoms with E-state index in [9.17, 15) is 13.2 Å². The normalized spacial score (nSPS) is 10.6. The molecule has 0 atom stereocenters. The molecule has 1 amide bonds. The number of nitrogens with one attached hydrogen (secondary N) is 1. The molecule has 0 aromatic carbocycles. The minimum atomic E-state index is -4.50. The van der Waals surface area contributed by atoms with Crippen molar-refractivity contribution in [3.63, 3.8) is 0 Å². The lowest BCUT2D eigenvalue weighted by Gasteiger charge is -2.05. The van der Waals surface area contributed by atoms with Crippen molar-refractivity contribution in [3.8, 4) is 0 Å². The number of carbonyl (C=O) groups is 1. The van der Waals surface area contributed by atoms with Crippen LogP contribution in [0.25, 0.3) is 0 Å². The molecule has 0 bridgehead atoms. The van der Waals surface area contributed by atoms with Crippen LogP contribution in [-0.2, 0) is 19.4 Å². The highest BCUT2D eigenvalue weighted by Crippen LogP contribution is 2.00. The Labute approximate surface area is 109 Å². The monoisotopic (exact) mass is 282 g/mol. The molecular formula is C10H22N2O5S. The van der Waals surface area contributed by atoms with Gasteiger partial charge in [0.15, 0.2) is 0 Å². The molecule has 0 heterocycles. The molecule has 0 unspecified atom stereocenters. The minimum absolute atomic E-state index is 0.339. The third-order valence-electron chi connectivity index (χ3n) is 1.31. The van der Waals surface area contributed by atoms with Crippen LogP contribution in [0.3, 0.4) is 0 Å². The molecule has 8 heteroatoms. The molecule has 0 spiro atoms. The maximum atomic E-state index is 11.1. The van der Waals surface area contributed by atoms with E-state index >= 15 is 0 Å². The Bertz CT molecular complexity index is 349. The number of hydrogen-bond acceptors (Lipinski definition) is 5. The molecule has 0 aromatic rings. The van der Waals surface area contributed by atoms with Crippen LogP contribution in [0.4, 0.5) is 0 Å². The van der Waals surface area contributed by atoms with Crippen LogP contribution in [0.2, 0.25) is 0 Å². The first kappa shape index (κ1) is 19.4. The number of amides is 1. The van der Waals surface area contributed by atoms with E-state index in [2.05, 4.69) is 16.1 Å². The fraction of sp³-hybridized carbons (Fsp3) is 0.700. The maximum absolute atomic E-state index is 11.1. The van der Waals surface area contributed by atoms with E-state index in [1.807, 2.05) is 33.0 Å². The lowest BCUT2D eigenvalue weighted by Crippen LogP contribution is -2.28. The van der Waals surface area contributed by atoms with Crippen molar-refractivity contribution in [1.82, 2.24) is 10.2 Å². The summed E-state index contributed by atoms with van der Waals surface area (Å²) in [5.41, 5.74) is 0.339. The lowest BCUT2D eigenvalue weighted by atomic mass is 10.2. The van der Waals surface area contributed by atoms with Crippen LogP contribution >= 0.6 is 0 Å². The van der Waals surface area contributed by atoms with Gasteiger partial charge in [-0.25, -0.2) is 4.18 Å². The van der Waals surface area contributed by atoms with Crippen molar-refractivity contribution >= 4 is 16.3 Å². The van der Waals surface area contributed by atoms with E-state index in [0.29, 0.717) is 12.0 Å². The van der Waals surface area contributed by atoms with E-state index in [4.69, 9.17) is 4.55 Å². The molecule has 108 valence electrons. The van der Waals surface area contributed by atoms with Crippen LogP contribution in [-0.4, -0.2) is 51.7 Å². The molecule has 18 heavy (non-hydrogen) atoms. The van der Waals surface area contributed by atoms with Crippen molar-refractivity contribution in [2.24, 2.45) is 0 Å². The van der Waals surface area contributed by atoms with Crippen LogP contribution < -0.4 is 5.32 Å². The first-order chi connectivity index (χ1) is 8.10. The summed E-state index contributed by atoms with van der Waals surface area (Å²) in [4.78, 5) is 13.1. The van der Waals surface area contributed by atoms with Crippen molar-refractivity contribution in [3.05, 3.63) is 12.2 Å². The summed E-state index contributed by atoms with van der Waals surface area (Å²) in [6, 6.07) is 0. The van der Waals surface area contributed by atoms with Gasteiger partial charge in [0, 0.05) is 5.57 Å². The highest BCUT2D eigenvalue weighted by Gasteiger charge is 2.08. The van der Waals surface area contributed by atoms with Gasteiger partial charge in [-0.3, -0.25) is 9.35 Å². The molecule has 0 aliphatic rings. The Hall–Kier alpha value is -0.960. The zero-order chi connectivity index (χ0) is 14.8. The van der Waals surface area contributed by atoms with Crippen LogP contribution in [0, 0.1) is 0 Å². The molecule has 0 rings (SSSR count). The van der Waals surface area contributed by atoms with E-state index in [0.717, 1.165) is 6.42 Å². The molecule has 0 saturated heterocycles. The predicted octanol–water partition coefficient (Wildman–Crippen LogP) is 0.414. The molecule has 0 saturated carbocycles. The second-order valence-corrected chi connectivity index (χ2v) is 4.98. The predicted molar refractivity (Wildman–Crippen MR) is 69.3 cm³/mol. The summed E-state index contributed by atoms with van der Waals surface area (Å²) in [6.45, 7) is 4.77. The Morgan fingerprint density at radius 3 is 2.17 bits per heavy atom. The van der Waals surface area contributed by atoms with E-state index < -0.39 is 23.0 Å². The van der Waals surface area contributed by atoms with Gasteiger partial charge in [-0.15, -0.1) is 0 Å². The Morgan fingerprint density at radius 1 is 1.39 bits per heavy atom. The van der Waals surface area contributed by atoms with Gasteiger partial charge < -0.3 is 10.2 Å². The number of rotatable bonds is 6. The fourth-order valence-electron chi connectivity index (χ4n) is 0.710. The summed E-state index contributed by atoms with van der Waals surface area (Å²) in [6.07, 6.45) is 1.29. The number of carbonyl (C=O) groups excluding carboxylic acids is 1. The van der Waals surface area contributed by atoms with E-state index in [1.54, 1.807) is 0 Å². The zero-order valence-electron chi connectivity index (χ0n) is 11.3. The van der Waals surface area contributed by atoms with Gasteiger partial charge in [0.1, 0.15) is 6.73 Å². The molecule has 0 aromatic heterocycles. The number of hydrogen-bond donors (Lipinski definition) is 2. The largest absolute Gasteiger partial charge is 0.399 e. The summed E-state index contributed by atoms with van der Waals surface area (Å²) >= 11 is 0. The van der Waals surface area contributed by atoms with Gasteiger partial charge >= 0.3 is 10.4 Å². The molecular weight excluding hydrogens is 260 g/mol.